The minimum atomic E-state index is -0.379. The topological polar surface area (TPSA) is 107 Å². The summed E-state index contributed by atoms with van der Waals surface area (Å²) in [6, 6.07) is 2.69. The SMILES string of the molecule is C/C(=N/O)c1csc(NC(=O)c2ccc(=O)[nH]c2)n1. The van der Waals surface area contributed by atoms with Crippen LogP contribution >= 0.6 is 11.3 Å². The Labute approximate surface area is 111 Å². The first-order valence-corrected chi connectivity index (χ1v) is 6.13. The van der Waals surface area contributed by atoms with E-state index in [1.165, 1.54) is 29.7 Å². The van der Waals surface area contributed by atoms with E-state index in [0.717, 1.165) is 0 Å². The van der Waals surface area contributed by atoms with Gasteiger partial charge in [-0.2, -0.15) is 0 Å². The van der Waals surface area contributed by atoms with E-state index in [9.17, 15) is 9.59 Å². The molecule has 0 atom stereocenters. The third-order valence-electron chi connectivity index (χ3n) is 2.29. The van der Waals surface area contributed by atoms with Gasteiger partial charge in [-0.3, -0.25) is 14.9 Å². The Kier molecular flexibility index (Phi) is 3.71. The average Bonchev–Trinajstić information content (AvgIpc) is 2.87. The molecule has 0 fully saturated rings. The molecule has 0 saturated carbocycles. The molecular weight excluding hydrogens is 268 g/mol. The summed E-state index contributed by atoms with van der Waals surface area (Å²) in [7, 11) is 0. The summed E-state index contributed by atoms with van der Waals surface area (Å²) in [6.07, 6.45) is 1.33. The molecular formula is C11H10N4O3S. The van der Waals surface area contributed by atoms with E-state index in [4.69, 9.17) is 5.21 Å². The Bertz CT molecular complexity index is 669. The molecule has 0 aliphatic rings. The Morgan fingerprint density at radius 2 is 2.32 bits per heavy atom. The van der Waals surface area contributed by atoms with Crippen molar-refractivity contribution in [3.05, 3.63) is 45.3 Å². The van der Waals surface area contributed by atoms with Crippen LogP contribution in [-0.4, -0.2) is 26.8 Å². The van der Waals surface area contributed by atoms with Crippen LogP contribution in [0.3, 0.4) is 0 Å². The Morgan fingerprint density at radius 1 is 1.53 bits per heavy atom. The number of aromatic nitrogens is 2. The second-order valence-corrected chi connectivity index (χ2v) is 4.48. The summed E-state index contributed by atoms with van der Waals surface area (Å²) >= 11 is 1.21. The molecule has 2 aromatic rings. The number of hydrogen-bond donors (Lipinski definition) is 3. The van der Waals surface area contributed by atoms with E-state index >= 15 is 0 Å². The molecule has 7 nitrogen and oxygen atoms in total. The zero-order valence-electron chi connectivity index (χ0n) is 9.88. The molecule has 2 rings (SSSR count). The highest BCUT2D eigenvalue weighted by Gasteiger charge is 2.10. The number of H-pyrrole nitrogens is 1. The lowest BCUT2D eigenvalue weighted by molar-refractivity contribution is 0.102. The van der Waals surface area contributed by atoms with Gasteiger partial charge in [-0.25, -0.2) is 4.98 Å². The van der Waals surface area contributed by atoms with Gasteiger partial charge in [0, 0.05) is 17.6 Å². The van der Waals surface area contributed by atoms with E-state index in [1.807, 2.05) is 0 Å². The van der Waals surface area contributed by atoms with Crippen molar-refractivity contribution in [2.24, 2.45) is 5.16 Å². The monoisotopic (exact) mass is 278 g/mol. The molecule has 2 heterocycles. The maximum atomic E-state index is 11.8. The largest absolute Gasteiger partial charge is 0.411 e. The predicted octanol–water partition coefficient (Wildman–Crippen LogP) is 1.28. The van der Waals surface area contributed by atoms with Crippen LogP contribution in [0.1, 0.15) is 23.0 Å². The molecule has 98 valence electrons. The van der Waals surface area contributed by atoms with Crippen molar-refractivity contribution in [3.63, 3.8) is 0 Å². The molecule has 0 bridgehead atoms. The highest BCUT2D eigenvalue weighted by atomic mass is 32.1. The van der Waals surface area contributed by atoms with Crippen molar-refractivity contribution >= 4 is 28.1 Å². The lowest BCUT2D eigenvalue weighted by atomic mass is 10.3. The summed E-state index contributed by atoms with van der Waals surface area (Å²) in [5.74, 6) is -0.379. The maximum absolute atomic E-state index is 11.8. The maximum Gasteiger partial charge on any atom is 0.258 e. The molecule has 1 amide bonds. The summed E-state index contributed by atoms with van der Waals surface area (Å²) < 4.78 is 0. The zero-order chi connectivity index (χ0) is 13.8. The first-order chi connectivity index (χ1) is 9.10. The van der Waals surface area contributed by atoms with Crippen LogP contribution in [-0.2, 0) is 0 Å². The number of anilines is 1. The molecule has 0 saturated heterocycles. The molecule has 8 heteroatoms. The van der Waals surface area contributed by atoms with Gasteiger partial charge in [0.1, 0.15) is 11.4 Å². The lowest BCUT2D eigenvalue weighted by Gasteiger charge is -2.00. The number of rotatable bonds is 3. The summed E-state index contributed by atoms with van der Waals surface area (Å²) in [4.78, 5) is 29.2. The van der Waals surface area contributed by atoms with Gasteiger partial charge in [0.15, 0.2) is 5.13 Å². The van der Waals surface area contributed by atoms with Crippen LogP contribution in [0.25, 0.3) is 0 Å². The van der Waals surface area contributed by atoms with E-state index in [0.29, 0.717) is 22.1 Å². The minimum absolute atomic E-state index is 0.275. The van der Waals surface area contributed by atoms with Crippen molar-refractivity contribution in [1.82, 2.24) is 9.97 Å². The average molecular weight is 278 g/mol. The predicted molar refractivity (Wildman–Crippen MR) is 71.1 cm³/mol. The number of nitrogens with zero attached hydrogens (tertiary/aromatic N) is 2. The summed E-state index contributed by atoms with van der Waals surface area (Å²) in [5, 5.41) is 16.3. The Morgan fingerprint density at radius 3 is 2.95 bits per heavy atom. The highest BCUT2D eigenvalue weighted by molar-refractivity contribution is 7.14. The standard InChI is InChI=1S/C11H10N4O3S/c1-6(15-18)8-5-19-11(13-8)14-10(17)7-2-3-9(16)12-4-7/h2-5,18H,1H3,(H,12,16)(H,13,14,17)/b15-6-. The van der Waals surface area contributed by atoms with Crippen LogP contribution in [0.2, 0.25) is 0 Å². The second kappa shape index (κ2) is 5.44. The molecule has 0 unspecified atom stereocenters. The molecule has 3 N–H and O–H groups in total. The van der Waals surface area contributed by atoms with Crippen LogP contribution in [0.4, 0.5) is 5.13 Å². The normalized spacial score (nSPS) is 11.3. The fourth-order valence-corrected chi connectivity index (χ4v) is 2.02. The number of aromatic amines is 1. The van der Waals surface area contributed by atoms with Gasteiger partial charge in [0.05, 0.1) is 5.56 Å². The van der Waals surface area contributed by atoms with Crippen molar-refractivity contribution in [1.29, 1.82) is 0 Å². The van der Waals surface area contributed by atoms with E-state index < -0.39 is 0 Å². The van der Waals surface area contributed by atoms with Crippen molar-refractivity contribution in [2.75, 3.05) is 5.32 Å². The number of pyridine rings is 1. The first kappa shape index (κ1) is 13.0. The number of nitrogens with one attached hydrogen (secondary N) is 2. The van der Waals surface area contributed by atoms with Crippen LogP contribution < -0.4 is 10.9 Å². The first-order valence-electron chi connectivity index (χ1n) is 5.25. The van der Waals surface area contributed by atoms with E-state index in [-0.39, 0.29) is 11.5 Å². The van der Waals surface area contributed by atoms with Crippen LogP contribution in [0.15, 0.2) is 33.7 Å². The quantitative estimate of drug-likeness (QED) is 0.446. The van der Waals surface area contributed by atoms with Gasteiger partial charge < -0.3 is 10.2 Å². The number of thiazole rings is 1. The molecule has 19 heavy (non-hydrogen) atoms. The fraction of sp³-hybridized carbons (Fsp3) is 0.0909. The molecule has 2 aromatic heterocycles. The second-order valence-electron chi connectivity index (χ2n) is 3.62. The molecule has 0 spiro atoms. The summed E-state index contributed by atoms with van der Waals surface area (Å²) in [6.45, 7) is 1.60. The van der Waals surface area contributed by atoms with E-state index in [2.05, 4.69) is 20.4 Å². The Hall–Kier alpha value is -2.48. The van der Waals surface area contributed by atoms with E-state index in [1.54, 1.807) is 12.3 Å². The highest BCUT2D eigenvalue weighted by Crippen LogP contribution is 2.16. The van der Waals surface area contributed by atoms with Gasteiger partial charge in [-0.15, -0.1) is 11.3 Å². The van der Waals surface area contributed by atoms with Gasteiger partial charge in [0.2, 0.25) is 5.56 Å². The molecule has 0 aliphatic carbocycles. The Balaban J connectivity index is 2.13. The number of amides is 1. The number of oxime groups is 1. The molecule has 0 radical (unpaired) electrons. The van der Waals surface area contributed by atoms with Crippen molar-refractivity contribution < 1.29 is 10.0 Å². The zero-order valence-corrected chi connectivity index (χ0v) is 10.7. The number of carbonyl (C=O) groups excluding carboxylic acids is 1. The minimum Gasteiger partial charge on any atom is -0.411 e. The molecule has 0 aliphatic heterocycles. The fourth-order valence-electron chi connectivity index (χ4n) is 1.27. The van der Waals surface area contributed by atoms with Crippen molar-refractivity contribution in [2.45, 2.75) is 6.92 Å². The number of hydrogen-bond acceptors (Lipinski definition) is 6. The van der Waals surface area contributed by atoms with Gasteiger partial charge >= 0.3 is 0 Å². The lowest BCUT2D eigenvalue weighted by Crippen LogP contribution is -2.14. The smallest absolute Gasteiger partial charge is 0.258 e. The third kappa shape index (κ3) is 3.05. The number of carbonyl (C=O) groups is 1. The van der Waals surface area contributed by atoms with Crippen LogP contribution in [0.5, 0.6) is 0 Å². The van der Waals surface area contributed by atoms with Crippen LogP contribution in [0, 0.1) is 0 Å². The van der Waals surface area contributed by atoms with Crippen molar-refractivity contribution in [3.8, 4) is 0 Å². The van der Waals surface area contributed by atoms with Gasteiger partial charge in [-0.05, 0) is 13.0 Å². The van der Waals surface area contributed by atoms with Gasteiger partial charge in [-0.1, -0.05) is 5.16 Å². The summed E-state index contributed by atoms with van der Waals surface area (Å²) in [5.41, 5.74) is 0.900. The third-order valence-corrected chi connectivity index (χ3v) is 3.05. The molecule has 0 aromatic carbocycles. The van der Waals surface area contributed by atoms with Gasteiger partial charge in [0.25, 0.3) is 5.91 Å².